The van der Waals surface area contributed by atoms with Crippen LogP contribution in [0.4, 0.5) is 11.6 Å². The van der Waals surface area contributed by atoms with Crippen molar-refractivity contribution < 1.29 is 0 Å². The lowest BCUT2D eigenvalue weighted by atomic mass is 10.3. The number of nitrogens with zero attached hydrogens (tertiary/aromatic N) is 2. The zero-order chi connectivity index (χ0) is 11.3. The zero-order valence-electron chi connectivity index (χ0n) is 9.45. The molecule has 0 saturated heterocycles. The molecule has 1 rings (SSSR count). The fraction of sp³-hybridized carbons (Fsp3) is 0.600. The molecule has 0 bridgehead atoms. The molecule has 0 aliphatic carbocycles. The summed E-state index contributed by atoms with van der Waals surface area (Å²) in [4.78, 5) is 8.26. The lowest BCUT2D eigenvalue weighted by Gasteiger charge is -2.10. The highest BCUT2D eigenvalue weighted by Gasteiger charge is 2.01. The number of hydrogen-bond acceptors (Lipinski definition) is 5. The molecule has 15 heavy (non-hydrogen) atoms. The number of nitrogens with one attached hydrogen (secondary N) is 1. The third-order valence-electron chi connectivity index (χ3n) is 2.12. The number of nitrogen functional groups attached to an aromatic ring is 1. The van der Waals surface area contributed by atoms with Crippen LogP contribution in [0.3, 0.4) is 0 Å². The Morgan fingerprint density at radius 1 is 1.53 bits per heavy atom. The molecule has 1 unspecified atom stereocenters. The lowest BCUT2D eigenvalue weighted by molar-refractivity contribution is 0.848. The Bertz CT molecular complexity index is 296. The van der Waals surface area contributed by atoms with Crippen LogP contribution in [0, 0.1) is 6.92 Å². The number of nitrogens with two attached hydrogens (primary N) is 1. The topological polar surface area (TPSA) is 63.8 Å². The molecular formula is C10H18N4S. The van der Waals surface area contributed by atoms with Gasteiger partial charge in [-0.15, -0.1) is 0 Å². The van der Waals surface area contributed by atoms with E-state index in [1.54, 1.807) is 6.07 Å². The fourth-order valence-corrected chi connectivity index (χ4v) is 1.56. The summed E-state index contributed by atoms with van der Waals surface area (Å²) >= 11 is 1.87. The van der Waals surface area contributed by atoms with Gasteiger partial charge in [0.15, 0.2) is 0 Å². The molecule has 1 heterocycles. The van der Waals surface area contributed by atoms with E-state index in [0.29, 0.717) is 16.9 Å². The third-order valence-corrected chi connectivity index (χ3v) is 3.16. The Labute approximate surface area is 95.1 Å². The van der Waals surface area contributed by atoms with Crippen LogP contribution in [0.5, 0.6) is 0 Å². The second-order valence-electron chi connectivity index (χ2n) is 3.49. The van der Waals surface area contributed by atoms with Gasteiger partial charge < -0.3 is 11.1 Å². The van der Waals surface area contributed by atoms with Crippen LogP contribution in [0.1, 0.15) is 19.2 Å². The molecule has 0 aromatic carbocycles. The monoisotopic (exact) mass is 226 g/mol. The molecule has 0 aliphatic rings. The molecule has 4 nitrogen and oxygen atoms in total. The number of aryl methyl sites for hydroxylation is 1. The van der Waals surface area contributed by atoms with E-state index in [2.05, 4.69) is 28.5 Å². The molecule has 0 saturated carbocycles. The summed E-state index contributed by atoms with van der Waals surface area (Å²) < 4.78 is 0. The van der Waals surface area contributed by atoms with Crippen LogP contribution in [-0.2, 0) is 0 Å². The quantitative estimate of drug-likeness (QED) is 0.803. The van der Waals surface area contributed by atoms with E-state index in [4.69, 9.17) is 5.73 Å². The molecule has 0 aliphatic heterocycles. The molecule has 0 radical (unpaired) electrons. The normalized spacial score (nSPS) is 12.5. The van der Waals surface area contributed by atoms with Gasteiger partial charge in [-0.2, -0.15) is 11.8 Å². The van der Waals surface area contributed by atoms with Crippen molar-refractivity contribution in [2.24, 2.45) is 0 Å². The molecule has 3 N–H and O–H groups in total. The first-order valence-corrected chi connectivity index (χ1v) is 6.28. The predicted octanol–water partition coefficient (Wildman–Crippen LogP) is 1.92. The Balaban J connectivity index is 2.43. The minimum atomic E-state index is 0.517. The van der Waals surface area contributed by atoms with E-state index in [0.717, 1.165) is 18.8 Å². The Morgan fingerprint density at radius 2 is 2.27 bits per heavy atom. The number of aromatic nitrogens is 2. The van der Waals surface area contributed by atoms with Crippen molar-refractivity contribution in [2.45, 2.75) is 25.5 Å². The molecule has 0 spiro atoms. The Kier molecular flexibility index (Phi) is 4.68. The number of anilines is 2. The molecule has 0 fully saturated rings. The van der Waals surface area contributed by atoms with Crippen molar-refractivity contribution in [2.75, 3.05) is 23.9 Å². The van der Waals surface area contributed by atoms with E-state index >= 15 is 0 Å². The van der Waals surface area contributed by atoms with Crippen molar-refractivity contribution in [3.63, 3.8) is 0 Å². The highest BCUT2D eigenvalue weighted by molar-refractivity contribution is 7.99. The fourth-order valence-electron chi connectivity index (χ4n) is 1.20. The second kappa shape index (κ2) is 5.80. The second-order valence-corrected chi connectivity index (χ2v) is 4.76. The first-order chi connectivity index (χ1) is 7.11. The summed E-state index contributed by atoms with van der Waals surface area (Å²) in [6, 6.07) is 1.76. The number of rotatable bonds is 5. The summed E-state index contributed by atoms with van der Waals surface area (Å²) in [5.74, 6) is 2.03. The van der Waals surface area contributed by atoms with Gasteiger partial charge in [-0.25, -0.2) is 9.97 Å². The summed E-state index contributed by atoms with van der Waals surface area (Å²) in [5.41, 5.74) is 5.62. The summed E-state index contributed by atoms with van der Waals surface area (Å²) in [7, 11) is 0. The standard InChI is InChI=1S/C10H18N4S/c1-7(15-3)4-5-12-10-6-9(11)13-8(2)14-10/h6-7H,4-5H2,1-3H3,(H3,11,12,13,14). The summed E-state index contributed by atoms with van der Waals surface area (Å²) in [6.07, 6.45) is 3.24. The third kappa shape index (κ3) is 4.38. The van der Waals surface area contributed by atoms with Crippen molar-refractivity contribution >= 4 is 23.4 Å². The summed E-state index contributed by atoms with van der Waals surface area (Å²) in [6.45, 7) is 4.97. The molecular weight excluding hydrogens is 208 g/mol. The van der Waals surface area contributed by atoms with E-state index < -0.39 is 0 Å². The maximum absolute atomic E-state index is 5.62. The lowest BCUT2D eigenvalue weighted by Crippen LogP contribution is -2.10. The Hall–Kier alpha value is -0.970. The molecule has 5 heteroatoms. The van der Waals surface area contributed by atoms with Crippen LogP contribution in [0.25, 0.3) is 0 Å². The van der Waals surface area contributed by atoms with Gasteiger partial charge in [-0.3, -0.25) is 0 Å². The van der Waals surface area contributed by atoms with Crippen LogP contribution >= 0.6 is 11.8 Å². The largest absolute Gasteiger partial charge is 0.384 e. The molecule has 1 atom stereocenters. The first kappa shape index (κ1) is 12.1. The maximum atomic E-state index is 5.62. The van der Waals surface area contributed by atoms with Gasteiger partial charge >= 0.3 is 0 Å². The highest BCUT2D eigenvalue weighted by atomic mass is 32.2. The van der Waals surface area contributed by atoms with Crippen molar-refractivity contribution in [1.29, 1.82) is 0 Å². The maximum Gasteiger partial charge on any atom is 0.131 e. The van der Waals surface area contributed by atoms with Gasteiger partial charge in [-0.1, -0.05) is 6.92 Å². The predicted molar refractivity (Wildman–Crippen MR) is 67.3 cm³/mol. The van der Waals surface area contributed by atoms with Gasteiger partial charge in [0.25, 0.3) is 0 Å². The van der Waals surface area contributed by atoms with Crippen LogP contribution < -0.4 is 11.1 Å². The highest BCUT2D eigenvalue weighted by Crippen LogP contribution is 2.11. The van der Waals surface area contributed by atoms with Crippen molar-refractivity contribution in [3.8, 4) is 0 Å². The average Bonchev–Trinajstić information content (AvgIpc) is 2.16. The SMILES string of the molecule is CSC(C)CCNc1cc(N)nc(C)n1. The first-order valence-electron chi connectivity index (χ1n) is 4.99. The molecule has 1 aromatic heterocycles. The van der Waals surface area contributed by atoms with E-state index in [-0.39, 0.29) is 0 Å². The molecule has 0 amide bonds. The van der Waals surface area contributed by atoms with Crippen LogP contribution in [0.2, 0.25) is 0 Å². The zero-order valence-corrected chi connectivity index (χ0v) is 10.3. The number of thioether (sulfide) groups is 1. The van der Waals surface area contributed by atoms with Crippen molar-refractivity contribution in [3.05, 3.63) is 11.9 Å². The number of hydrogen-bond donors (Lipinski definition) is 2. The van der Waals surface area contributed by atoms with Crippen LogP contribution in [0.15, 0.2) is 6.07 Å². The van der Waals surface area contributed by atoms with E-state index in [9.17, 15) is 0 Å². The molecule has 1 aromatic rings. The Morgan fingerprint density at radius 3 is 2.87 bits per heavy atom. The van der Waals surface area contributed by atoms with Gasteiger partial charge in [0, 0.05) is 17.9 Å². The van der Waals surface area contributed by atoms with Crippen molar-refractivity contribution in [1.82, 2.24) is 9.97 Å². The van der Waals surface area contributed by atoms with Gasteiger partial charge in [-0.05, 0) is 19.6 Å². The minimum Gasteiger partial charge on any atom is -0.384 e. The van der Waals surface area contributed by atoms with E-state index in [1.807, 2.05) is 18.7 Å². The smallest absolute Gasteiger partial charge is 0.131 e. The van der Waals surface area contributed by atoms with Gasteiger partial charge in [0.05, 0.1) is 0 Å². The van der Waals surface area contributed by atoms with E-state index in [1.165, 1.54) is 0 Å². The minimum absolute atomic E-state index is 0.517. The van der Waals surface area contributed by atoms with Crippen LogP contribution in [-0.4, -0.2) is 28.0 Å². The summed E-state index contributed by atoms with van der Waals surface area (Å²) in [5, 5.41) is 3.91. The van der Waals surface area contributed by atoms with Gasteiger partial charge in [0.2, 0.25) is 0 Å². The van der Waals surface area contributed by atoms with Gasteiger partial charge in [0.1, 0.15) is 17.5 Å². The average molecular weight is 226 g/mol. The molecule has 84 valence electrons.